The Balaban J connectivity index is 1.77. The molecular formula is C17H14FN3O2. The lowest BCUT2D eigenvalue weighted by molar-refractivity contribution is 0.102. The van der Waals surface area contributed by atoms with Gasteiger partial charge in [-0.05, 0) is 48.5 Å². The molecule has 23 heavy (non-hydrogen) atoms. The van der Waals surface area contributed by atoms with Crippen LogP contribution in [-0.4, -0.2) is 22.8 Å². The van der Waals surface area contributed by atoms with Crippen molar-refractivity contribution in [2.45, 2.75) is 0 Å². The first kappa shape index (κ1) is 14.8. The molecule has 116 valence electrons. The van der Waals surface area contributed by atoms with E-state index in [0.29, 0.717) is 22.7 Å². The number of hydrogen-bond acceptors (Lipinski definition) is 3. The molecular weight excluding hydrogens is 297 g/mol. The van der Waals surface area contributed by atoms with Crippen LogP contribution in [0.2, 0.25) is 0 Å². The SMILES string of the molecule is COc1ccc(C(=O)Nc2ccc(-n3cccn3)c(F)c2)cc1. The Morgan fingerprint density at radius 2 is 2.00 bits per heavy atom. The minimum Gasteiger partial charge on any atom is -0.497 e. The minimum absolute atomic E-state index is 0.317. The first-order chi connectivity index (χ1) is 11.2. The van der Waals surface area contributed by atoms with E-state index in [0.717, 1.165) is 0 Å². The van der Waals surface area contributed by atoms with Crippen LogP contribution < -0.4 is 10.1 Å². The van der Waals surface area contributed by atoms with Crippen LogP contribution in [0.25, 0.3) is 5.69 Å². The maximum Gasteiger partial charge on any atom is 0.255 e. The van der Waals surface area contributed by atoms with Crippen LogP contribution in [0.3, 0.4) is 0 Å². The zero-order valence-corrected chi connectivity index (χ0v) is 12.4. The molecule has 0 radical (unpaired) electrons. The Morgan fingerprint density at radius 1 is 1.22 bits per heavy atom. The molecule has 1 aromatic heterocycles. The average Bonchev–Trinajstić information content (AvgIpc) is 3.09. The van der Waals surface area contributed by atoms with Gasteiger partial charge in [0, 0.05) is 23.6 Å². The topological polar surface area (TPSA) is 56.1 Å². The van der Waals surface area contributed by atoms with Gasteiger partial charge in [-0.15, -0.1) is 0 Å². The van der Waals surface area contributed by atoms with Crippen LogP contribution in [0, 0.1) is 5.82 Å². The molecule has 1 N–H and O–H groups in total. The fraction of sp³-hybridized carbons (Fsp3) is 0.0588. The normalized spacial score (nSPS) is 10.3. The highest BCUT2D eigenvalue weighted by atomic mass is 19.1. The molecule has 1 heterocycles. The van der Waals surface area contributed by atoms with Crippen LogP contribution in [0.15, 0.2) is 60.9 Å². The predicted octanol–water partition coefficient (Wildman–Crippen LogP) is 3.27. The molecule has 2 aromatic carbocycles. The molecule has 0 atom stereocenters. The van der Waals surface area contributed by atoms with Gasteiger partial charge in [0.2, 0.25) is 0 Å². The summed E-state index contributed by atoms with van der Waals surface area (Å²) >= 11 is 0. The molecule has 0 aliphatic carbocycles. The lowest BCUT2D eigenvalue weighted by atomic mass is 10.2. The lowest BCUT2D eigenvalue weighted by Crippen LogP contribution is -2.12. The number of amides is 1. The highest BCUT2D eigenvalue weighted by Crippen LogP contribution is 2.19. The summed E-state index contributed by atoms with van der Waals surface area (Å²) in [5.74, 6) is -0.128. The number of halogens is 1. The zero-order valence-electron chi connectivity index (χ0n) is 12.4. The van der Waals surface area contributed by atoms with Crippen LogP contribution in [-0.2, 0) is 0 Å². The number of carbonyl (C=O) groups is 1. The fourth-order valence-corrected chi connectivity index (χ4v) is 2.13. The van der Waals surface area contributed by atoms with Crippen molar-refractivity contribution in [2.75, 3.05) is 12.4 Å². The highest BCUT2D eigenvalue weighted by Gasteiger charge is 2.10. The molecule has 6 heteroatoms. The van der Waals surface area contributed by atoms with Crippen LogP contribution in [0.5, 0.6) is 5.75 Å². The van der Waals surface area contributed by atoms with Crippen molar-refractivity contribution in [3.05, 3.63) is 72.3 Å². The van der Waals surface area contributed by atoms with Gasteiger partial charge in [-0.2, -0.15) is 5.10 Å². The van der Waals surface area contributed by atoms with E-state index in [1.165, 1.54) is 10.7 Å². The molecule has 0 aliphatic heterocycles. The molecule has 0 fully saturated rings. The summed E-state index contributed by atoms with van der Waals surface area (Å²) in [5.41, 5.74) is 1.15. The van der Waals surface area contributed by atoms with Crippen LogP contribution in [0.1, 0.15) is 10.4 Å². The zero-order chi connectivity index (χ0) is 16.2. The van der Waals surface area contributed by atoms with E-state index in [1.807, 2.05) is 0 Å². The van der Waals surface area contributed by atoms with Crippen molar-refractivity contribution >= 4 is 11.6 Å². The number of anilines is 1. The van der Waals surface area contributed by atoms with E-state index in [4.69, 9.17) is 4.74 Å². The molecule has 0 unspecified atom stereocenters. The average molecular weight is 311 g/mol. The smallest absolute Gasteiger partial charge is 0.255 e. The number of aromatic nitrogens is 2. The van der Waals surface area contributed by atoms with Gasteiger partial charge < -0.3 is 10.1 Å². The lowest BCUT2D eigenvalue weighted by Gasteiger charge is -2.08. The van der Waals surface area contributed by atoms with Crippen molar-refractivity contribution < 1.29 is 13.9 Å². The number of nitrogens with one attached hydrogen (secondary N) is 1. The molecule has 1 amide bonds. The highest BCUT2D eigenvalue weighted by molar-refractivity contribution is 6.04. The number of rotatable bonds is 4. The summed E-state index contributed by atoms with van der Waals surface area (Å²) in [6, 6.07) is 12.8. The molecule has 3 aromatic rings. The second kappa shape index (κ2) is 6.31. The van der Waals surface area contributed by atoms with Crippen LogP contribution in [0.4, 0.5) is 10.1 Å². The summed E-state index contributed by atoms with van der Waals surface area (Å²) < 4.78 is 20.6. The molecule has 5 nitrogen and oxygen atoms in total. The van der Waals surface area contributed by atoms with E-state index in [9.17, 15) is 9.18 Å². The largest absolute Gasteiger partial charge is 0.497 e. The summed E-state index contributed by atoms with van der Waals surface area (Å²) in [6.07, 6.45) is 3.22. The van der Waals surface area contributed by atoms with Crippen molar-refractivity contribution in [1.82, 2.24) is 9.78 Å². The predicted molar refractivity (Wildman–Crippen MR) is 84.5 cm³/mol. The number of carbonyl (C=O) groups excluding carboxylic acids is 1. The third kappa shape index (κ3) is 3.21. The fourth-order valence-electron chi connectivity index (χ4n) is 2.13. The summed E-state index contributed by atoms with van der Waals surface area (Å²) in [6.45, 7) is 0. The van der Waals surface area contributed by atoms with E-state index < -0.39 is 5.82 Å². The maximum atomic E-state index is 14.1. The number of hydrogen-bond donors (Lipinski definition) is 1. The third-order valence-electron chi connectivity index (χ3n) is 3.31. The molecule has 0 saturated heterocycles. The summed E-state index contributed by atoms with van der Waals surface area (Å²) in [4.78, 5) is 12.1. The molecule has 0 aliphatic rings. The molecule has 3 rings (SSSR count). The Bertz CT molecular complexity index is 814. The maximum absolute atomic E-state index is 14.1. The first-order valence-electron chi connectivity index (χ1n) is 6.92. The molecule has 0 bridgehead atoms. The van der Waals surface area contributed by atoms with Gasteiger partial charge in [-0.3, -0.25) is 4.79 Å². The van der Waals surface area contributed by atoms with Gasteiger partial charge in [-0.1, -0.05) is 0 Å². The van der Waals surface area contributed by atoms with Gasteiger partial charge in [0.05, 0.1) is 7.11 Å². The standard InChI is InChI=1S/C17H14FN3O2/c1-23-14-6-3-12(4-7-14)17(22)20-13-5-8-16(15(18)11-13)21-10-2-9-19-21/h2-11H,1H3,(H,20,22). The number of ether oxygens (including phenoxy) is 1. The van der Waals surface area contributed by atoms with E-state index in [1.54, 1.807) is 62.0 Å². The Morgan fingerprint density at radius 3 is 2.61 bits per heavy atom. The van der Waals surface area contributed by atoms with E-state index >= 15 is 0 Å². The first-order valence-corrected chi connectivity index (χ1v) is 6.92. The van der Waals surface area contributed by atoms with Gasteiger partial charge >= 0.3 is 0 Å². The Labute approximate surface area is 132 Å². The monoisotopic (exact) mass is 311 g/mol. The van der Waals surface area contributed by atoms with Gasteiger partial charge in [0.25, 0.3) is 5.91 Å². The quantitative estimate of drug-likeness (QED) is 0.804. The number of methoxy groups -OCH3 is 1. The van der Waals surface area contributed by atoms with Crippen molar-refractivity contribution in [2.24, 2.45) is 0 Å². The Kier molecular flexibility index (Phi) is 4.05. The Hall–Kier alpha value is -3.15. The summed E-state index contributed by atoms with van der Waals surface area (Å²) in [5, 5.41) is 6.64. The second-order valence-corrected chi connectivity index (χ2v) is 4.80. The molecule has 0 saturated carbocycles. The third-order valence-corrected chi connectivity index (χ3v) is 3.31. The van der Waals surface area contributed by atoms with Gasteiger partial charge in [-0.25, -0.2) is 9.07 Å². The van der Waals surface area contributed by atoms with Gasteiger partial charge in [0.15, 0.2) is 5.82 Å². The number of benzene rings is 2. The van der Waals surface area contributed by atoms with Crippen molar-refractivity contribution in [3.8, 4) is 11.4 Å². The van der Waals surface area contributed by atoms with Crippen molar-refractivity contribution in [1.29, 1.82) is 0 Å². The summed E-state index contributed by atoms with van der Waals surface area (Å²) in [7, 11) is 1.55. The van der Waals surface area contributed by atoms with E-state index in [2.05, 4.69) is 10.4 Å². The van der Waals surface area contributed by atoms with Gasteiger partial charge in [0.1, 0.15) is 11.4 Å². The molecule has 0 spiro atoms. The van der Waals surface area contributed by atoms with Crippen molar-refractivity contribution in [3.63, 3.8) is 0 Å². The van der Waals surface area contributed by atoms with Crippen LogP contribution >= 0.6 is 0 Å². The second-order valence-electron chi connectivity index (χ2n) is 4.80. The number of nitrogens with zero attached hydrogens (tertiary/aromatic N) is 2. The van der Waals surface area contributed by atoms with E-state index in [-0.39, 0.29) is 5.91 Å². The minimum atomic E-state index is -0.471.